The fourth-order valence-electron chi connectivity index (χ4n) is 2.16. The molecule has 0 spiro atoms. The summed E-state index contributed by atoms with van der Waals surface area (Å²) in [7, 11) is 0. The zero-order valence-corrected chi connectivity index (χ0v) is 12.5. The van der Waals surface area contributed by atoms with Crippen molar-refractivity contribution in [2.75, 3.05) is 13.1 Å². The summed E-state index contributed by atoms with van der Waals surface area (Å²) >= 11 is 0. The van der Waals surface area contributed by atoms with Crippen molar-refractivity contribution in [2.45, 2.75) is 60.3 Å². The van der Waals surface area contributed by atoms with Gasteiger partial charge < -0.3 is 4.90 Å². The first-order chi connectivity index (χ1) is 8.12. The van der Waals surface area contributed by atoms with E-state index in [-0.39, 0.29) is 22.5 Å². The fraction of sp³-hybridized carbons (Fsp3) is 0.867. The number of ketones is 1. The van der Waals surface area contributed by atoms with Gasteiger partial charge in [-0.3, -0.25) is 9.59 Å². The van der Waals surface area contributed by atoms with Crippen LogP contribution in [0.2, 0.25) is 0 Å². The van der Waals surface area contributed by atoms with Crippen molar-refractivity contribution in [3.63, 3.8) is 0 Å². The van der Waals surface area contributed by atoms with Gasteiger partial charge in [0.15, 0.2) is 5.78 Å². The van der Waals surface area contributed by atoms with Crippen molar-refractivity contribution in [2.24, 2.45) is 10.8 Å². The second-order valence-corrected chi connectivity index (χ2v) is 7.29. The van der Waals surface area contributed by atoms with Crippen molar-refractivity contribution in [1.82, 2.24) is 4.90 Å². The highest BCUT2D eigenvalue weighted by Gasteiger charge is 2.35. The van der Waals surface area contributed by atoms with Crippen LogP contribution in [0.4, 0.5) is 0 Å². The third kappa shape index (κ3) is 4.43. The van der Waals surface area contributed by atoms with Gasteiger partial charge in [0, 0.05) is 18.4 Å². The molecule has 0 aromatic rings. The van der Waals surface area contributed by atoms with Crippen LogP contribution in [0.25, 0.3) is 0 Å². The summed E-state index contributed by atoms with van der Waals surface area (Å²) in [6.45, 7) is 11.5. The Morgan fingerprint density at radius 3 is 2.44 bits per heavy atom. The standard InChI is InChI=1S/C15H27NO2/c1-14(2,3)8-6-7-13(18)16-10-9-15(4,5)12(17)11-16/h6-11H2,1-5H3. The van der Waals surface area contributed by atoms with Gasteiger partial charge >= 0.3 is 0 Å². The average molecular weight is 253 g/mol. The third-order valence-electron chi connectivity index (χ3n) is 3.77. The number of nitrogens with zero attached hydrogens (tertiary/aromatic N) is 1. The summed E-state index contributed by atoms with van der Waals surface area (Å²) in [5.41, 5.74) is 0.0299. The highest BCUT2D eigenvalue weighted by molar-refractivity contribution is 5.90. The van der Waals surface area contributed by atoms with Gasteiger partial charge in [-0.15, -0.1) is 0 Å². The molecule has 0 atom stereocenters. The summed E-state index contributed by atoms with van der Waals surface area (Å²) in [6.07, 6.45) is 3.32. The molecule has 104 valence electrons. The topological polar surface area (TPSA) is 37.4 Å². The molecule has 18 heavy (non-hydrogen) atoms. The van der Waals surface area contributed by atoms with Crippen LogP contribution in [0.15, 0.2) is 0 Å². The lowest BCUT2D eigenvalue weighted by Crippen LogP contribution is -2.47. The maximum Gasteiger partial charge on any atom is 0.222 e. The zero-order chi connectivity index (χ0) is 14.0. The number of carbonyl (C=O) groups excluding carboxylic acids is 2. The number of amides is 1. The van der Waals surface area contributed by atoms with Gasteiger partial charge in [0.25, 0.3) is 0 Å². The molecule has 3 nitrogen and oxygen atoms in total. The second-order valence-electron chi connectivity index (χ2n) is 7.29. The summed E-state index contributed by atoms with van der Waals surface area (Å²) in [6, 6.07) is 0. The van der Waals surface area contributed by atoms with E-state index in [0.717, 1.165) is 25.8 Å². The molecule has 0 N–H and O–H groups in total. The number of hydrogen-bond donors (Lipinski definition) is 0. The largest absolute Gasteiger partial charge is 0.335 e. The van der Waals surface area contributed by atoms with Crippen LogP contribution in [0.5, 0.6) is 0 Å². The molecule has 1 amide bonds. The van der Waals surface area contributed by atoms with Crippen LogP contribution in [0.1, 0.15) is 60.3 Å². The highest BCUT2D eigenvalue weighted by atomic mass is 16.2. The molecule has 1 heterocycles. The molecule has 0 bridgehead atoms. The van der Waals surface area contributed by atoms with Gasteiger partial charge in [0.05, 0.1) is 6.54 Å². The quantitative estimate of drug-likeness (QED) is 0.775. The van der Waals surface area contributed by atoms with E-state index in [4.69, 9.17) is 0 Å². The van der Waals surface area contributed by atoms with Gasteiger partial charge in [-0.2, -0.15) is 0 Å². The fourth-order valence-corrected chi connectivity index (χ4v) is 2.16. The molecule has 0 aliphatic carbocycles. The molecule has 1 saturated heterocycles. The smallest absolute Gasteiger partial charge is 0.222 e. The lowest BCUT2D eigenvalue weighted by Gasteiger charge is -2.35. The van der Waals surface area contributed by atoms with Gasteiger partial charge in [0.2, 0.25) is 5.91 Å². The van der Waals surface area contributed by atoms with Crippen molar-refractivity contribution in [3.8, 4) is 0 Å². The van der Waals surface area contributed by atoms with E-state index in [9.17, 15) is 9.59 Å². The Morgan fingerprint density at radius 1 is 1.33 bits per heavy atom. The van der Waals surface area contributed by atoms with Crippen LogP contribution in [0.3, 0.4) is 0 Å². The van der Waals surface area contributed by atoms with Gasteiger partial charge in [-0.25, -0.2) is 0 Å². The summed E-state index contributed by atoms with van der Waals surface area (Å²) in [5.74, 6) is 0.334. The minimum atomic E-state index is -0.248. The van der Waals surface area contributed by atoms with E-state index in [0.29, 0.717) is 13.0 Å². The number of Topliss-reactive ketones (excluding diaryl/α,β-unsaturated/α-hetero) is 1. The average Bonchev–Trinajstić information content (AvgIpc) is 2.20. The van der Waals surface area contributed by atoms with Gasteiger partial charge in [-0.05, 0) is 24.7 Å². The van der Waals surface area contributed by atoms with Crippen molar-refractivity contribution >= 4 is 11.7 Å². The first-order valence-corrected chi connectivity index (χ1v) is 6.93. The number of piperidine rings is 1. The maximum absolute atomic E-state index is 12.0. The third-order valence-corrected chi connectivity index (χ3v) is 3.77. The van der Waals surface area contributed by atoms with E-state index >= 15 is 0 Å². The number of carbonyl (C=O) groups is 2. The molecule has 1 fully saturated rings. The predicted molar refractivity (Wildman–Crippen MR) is 73.3 cm³/mol. The summed E-state index contributed by atoms with van der Waals surface area (Å²) in [5, 5.41) is 0. The Kier molecular flexibility index (Phi) is 4.57. The molecule has 0 aromatic heterocycles. The maximum atomic E-state index is 12.0. The van der Waals surface area contributed by atoms with Crippen molar-refractivity contribution in [1.29, 1.82) is 0 Å². The lowest BCUT2D eigenvalue weighted by molar-refractivity contribution is -0.142. The molecule has 0 saturated carbocycles. The molecule has 3 heteroatoms. The first-order valence-electron chi connectivity index (χ1n) is 6.93. The van der Waals surface area contributed by atoms with Crippen molar-refractivity contribution < 1.29 is 9.59 Å². The number of likely N-dealkylation sites (tertiary alicyclic amines) is 1. The monoisotopic (exact) mass is 253 g/mol. The van der Waals surface area contributed by atoms with E-state index in [1.165, 1.54) is 0 Å². The van der Waals surface area contributed by atoms with Gasteiger partial charge in [-0.1, -0.05) is 34.6 Å². The Hall–Kier alpha value is -0.860. The SMILES string of the molecule is CC(C)(C)CCCC(=O)N1CCC(C)(C)C(=O)C1. The van der Waals surface area contributed by atoms with Crippen LogP contribution >= 0.6 is 0 Å². The zero-order valence-electron chi connectivity index (χ0n) is 12.5. The second kappa shape index (κ2) is 5.41. The Bertz CT molecular complexity index is 326. The van der Waals surface area contributed by atoms with Crippen LogP contribution in [-0.2, 0) is 9.59 Å². The molecule has 1 rings (SSSR count). The highest BCUT2D eigenvalue weighted by Crippen LogP contribution is 2.27. The minimum Gasteiger partial charge on any atom is -0.335 e. The first kappa shape index (κ1) is 15.2. The Labute approximate surface area is 111 Å². The molecule has 1 aliphatic heterocycles. The predicted octanol–water partition coefficient (Wildman–Crippen LogP) is 3.03. The molecular formula is C15H27NO2. The van der Waals surface area contributed by atoms with E-state index < -0.39 is 0 Å². The number of hydrogen-bond acceptors (Lipinski definition) is 2. The summed E-state index contributed by atoms with van der Waals surface area (Å²) < 4.78 is 0. The number of rotatable bonds is 3. The summed E-state index contributed by atoms with van der Waals surface area (Å²) in [4.78, 5) is 25.6. The van der Waals surface area contributed by atoms with Crippen LogP contribution < -0.4 is 0 Å². The minimum absolute atomic E-state index is 0.142. The Balaban J connectivity index is 2.38. The van der Waals surface area contributed by atoms with E-state index in [2.05, 4.69) is 20.8 Å². The Morgan fingerprint density at radius 2 is 1.94 bits per heavy atom. The normalized spacial score (nSPS) is 20.1. The molecule has 0 aromatic carbocycles. The molecule has 1 aliphatic rings. The molecule has 0 radical (unpaired) electrons. The lowest BCUT2D eigenvalue weighted by atomic mass is 9.81. The van der Waals surface area contributed by atoms with Gasteiger partial charge in [0.1, 0.15) is 0 Å². The molecule has 0 unspecified atom stereocenters. The molecular weight excluding hydrogens is 226 g/mol. The van der Waals surface area contributed by atoms with Crippen LogP contribution in [-0.4, -0.2) is 29.7 Å². The van der Waals surface area contributed by atoms with E-state index in [1.807, 2.05) is 13.8 Å². The van der Waals surface area contributed by atoms with E-state index in [1.54, 1.807) is 4.90 Å². The van der Waals surface area contributed by atoms with Crippen LogP contribution in [0, 0.1) is 10.8 Å². The van der Waals surface area contributed by atoms with Crippen molar-refractivity contribution in [3.05, 3.63) is 0 Å².